The minimum absolute atomic E-state index is 0.172. The minimum atomic E-state index is -5.92. The summed E-state index contributed by atoms with van der Waals surface area (Å²) in [6, 6.07) is 5.61. The number of Topliss-reactive ketones (excluding diaryl/α,β-unsaturated/α-hetero) is 1. The molecule has 1 saturated heterocycles. The lowest BCUT2D eigenvalue weighted by atomic mass is 10.0. The molecule has 2 rings (SSSR count). The van der Waals surface area contributed by atoms with Gasteiger partial charge in [-0.1, -0.05) is 0 Å². The maximum atomic E-state index is 12.6. The normalized spacial score (nSPS) is 17.6. The van der Waals surface area contributed by atoms with Crippen LogP contribution in [0.4, 0.5) is 26.3 Å². The zero-order chi connectivity index (χ0) is 18.9. The van der Waals surface area contributed by atoms with Crippen LogP contribution in [-0.2, 0) is 15.7 Å². The second-order valence-corrected chi connectivity index (χ2v) is 7.83. The van der Waals surface area contributed by atoms with Gasteiger partial charge in [-0.3, -0.25) is 4.79 Å². The van der Waals surface area contributed by atoms with Gasteiger partial charge in [0.2, 0.25) is 0 Å². The van der Waals surface area contributed by atoms with E-state index >= 15 is 0 Å². The van der Waals surface area contributed by atoms with Crippen molar-refractivity contribution in [2.75, 3.05) is 18.1 Å². The lowest BCUT2D eigenvalue weighted by Gasteiger charge is -2.31. The lowest BCUT2D eigenvalue weighted by molar-refractivity contribution is -0.373. The fraction of sp³-hybridized carbons (Fsp3) is 0.533. The molecular weight excluding hydrogens is 374 g/mol. The molecule has 0 spiro atoms. The third-order valence-corrected chi connectivity index (χ3v) is 6.13. The van der Waals surface area contributed by atoms with Gasteiger partial charge in [0.1, 0.15) is 29.6 Å². The van der Waals surface area contributed by atoms with Gasteiger partial charge in [-0.05, 0) is 24.3 Å². The highest BCUT2D eigenvalue weighted by molar-refractivity contribution is 7.97. The molecule has 0 bridgehead atoms. The maximum Gasteiger partial charge on any atom is 0.429 e. The standard InChI is InChI=1S/C15H15F6O3S/c16-14(17,18)13(23,15(19,20)21)9-24-11-1-3-12(4-2-11)25-7-5-10(22)6-8-25/h1-4,23H,5-9H2/q+1. The summed E-state index contributed by atoms with van der Waals surface area (Å²) in [5, 5.41) is 9.02. The van der Waals surface area contributed by atoms with Crippen molar-refractivity contribution in [1.29, 1.82) is 0 Å². The van der Waals surface area contributed by atoms with E-state index in [0.717, 1.165) is 4.90 Å². The first-order valence-electron chi connectivity index (χ1n) is 7.22. The molecule has 1 aromatic carbocycles. The van der Waals surface area contributed by atoms with E-state index in [-0.39, 0.29) is 22.4 Å². The molecule has 0 atom stereocenters. The lowest BCUT2D eigenvalue weighted by Crippen LogP contribution is -2.60. The Kier molecular flexibility index (Phi) is 5.62. The molecule has 0 radical (unpaired) electrons. The molecular formula is C15H15F6O3S+. The number of rotatable bonds is 4. The average Bonchev–Trinajstić information content (AvgIpc) is 2.52. The number of ether oxygens (including phenoxy) is 1. The number of hydrogen-bond donors (Lipinski definition) is 1. The molecule has 10 heteroatoms. The molecule has 0 saturated carbocycles. The highest BCUT2D eigenvalue weighted by Gasteiger charge is 2.71. The summed E-state index contributed by atoms with van der Waals surface area (Å²) >= 11 is 0. The first kappa shape index (κ1) is 19.9. The van der Waals surface area contributed by atoms with Crippen LogP contribution in [-0.4, -0.2) is 47.0 Å². The van der Waals surface area contributed by atoms with Crippen molar-refractivity contribution in [2.24, 2.45) is 0 Å². The van der Waals surface area contributed by atoms with Gasteiger partial charge in [-0.25, -0.2) is 0 Å². The third kappa shape index (κ3) is 4.41. The molecule has 3 nitrogen and oxygen atoms in total. The van der Waals surface area contributed by atoms with Crippen molar-refractivity contribution in [3.05, 3.63) is 24.3 Å². The number of ketones is 1. The van der Waals surface area contributed by atoms with Crippen LogP contribution in [0.15, 0.2) is 29.2 Å². The van der Waals surface area contributed by atoms with Crippen LogP contribution in [0.1, 0.15) is 12.8 Å². The molecule has 1 N–H and O–H groups in total. The van der Waals surface area contributed by atoms with Crippen LogP contribution in [0.25, 0.3) is 0 Å². The van der Waals surface area contributed by atoms with Crippen LogP contribution in [0.3, 0.4) is 0 Å². The number of carbonyl (C=O) groups excluding carboxylic acids is 1. The smallest absolute Gasteiger partial charge is 0.429 e. The van der Waals surface area contributed by atoms with E-state index in [1.54, 1.807) is 12.1 Å². The summed E-state index contributed by atoms with van der Waals surface area (Å²) in [6.45, 7) is -1.99. The van der Waals surface area contributed by atoms with E-state index in [0.29, 0.717) is 24.3 Å². The van der Waals surface area contributed by atoms with Crippen molar-refractivity contribution in [3.8, 4) is 5.75 Å². The summed E-state index contributed by atoms with van der Waals surface area (Å²) in [5.41, 5.74) is -4.94. The minimum Gasteiger partial charge on any atom is -0.490 e. The summed E-state index contributed by atoms with van der Waals surface area (Å²) in [5.74, 6) is 1.33. The largest absolute Gasteiger partial charge is 0.490 e. The number of alkyl halides is 6. The number of halogens is 6. The Morgan fingerprint density at radius 3 is 1.88 bits per heavy atom. The molecule has 1 aromatic rings. The number of aliphatic hydroxyl groups is 1. The topological polar surface area (TPSA) is 46.5 Å². The molecule has 1 heterocycles. The Morgan fingerprint density at radius 2 is 1.44 bits per heavy atom. The van der Waals surface area contributed by atoms with Crippen molar-refractivity contribution in [1.82, 2.24) is 0 Å². The van der Waals surface area contributed by atoms with E-state index < -0.39 is 24.6 Å². The summed E-state index contributed by atoms with van der Waals surface area (Å²) in [4.78, 5) is 12.1. The monoisotopic (exact) mass is 389 g/mol. The molecule has 140 valence electrons. The maximum absolute atomic E-state index is 12.6. The predicted octanol–water partition coefficient (Wildman–Crippen LogP) is 3.26. The molecule has 0 unspecified atom stereocenters. The van der Waals surface area contributed by atoms with Gasteiger partial charge < -0.3 is 9.84 Å². The van der Waals surface area contributed by atoms with Crippen molar-refractivity contribution >= 4 is 16.7 Å². The third-order valence-electron chi connectivity index (χ3n) is 3.80. The summed E-state index contributed by atoms with van der Waals surface area (Å²) in [7, 11) is -0.172. The molecule has 25 heavy (non-hydrogen) atoms. The number of benzene rings is 1. The highest BCUT2D eigenvalue weighted by Crippen LogP contribution is 2.43. The van der Waals surface area contributed by atoms with E-state index in [1.807, 2.05) is 0 Å². The molecule has 0 aliphatic carbocycles. The molecule has 1 aliphatic rings. The van der Waals surface area contributed by atoms with Gasteiger partial charge in [0.25, 0.3) is 5.60 Å². The Labute approximate surface area is 142 Å². The van der Waals surface area contributed by atoms with Crippen LogP contribution < -0.4 is 4.74 Å². The van der Waals surface area contributed by atoms with Crippen molar-refractivity contribution < 1.29 is 41.0 Å². The average molecular weight is 389 g/mol. The highest BCUT2D eigenvalue weighted by atomic mass is 32.2. The first-order chi connectivity index (χ1) is 11.4. The van der Waals surface area contributed by atoms with Gasteiger partial charge in [-0.2, -0.15) is 26.3 Å². The van der Waals surface area contributed by atoms with Gasteiger partial charge in [-0.15, -0.1) is 0 Å². The second-order valence-electron chi connectivity index (χ2n) is 5.56. The Hall–Kier alpha value is -1.42. The molecule has 1 fully saturated rings. The van der Waals surface area contributed by atoms with E-state index in [2.05, 4.69) is 4.74 Å². The zero-order valence-corrected chi connectivity index (χ0v) is 13.6. The van der Waals surface area contributed by atoms with E-state index in [4.69, 9.17) is 5.11 Å². The SMILES string of the molecule is O=C1CC[S+](c2ccc(OCC(O)(C(F)(F)F)C(F)(F)F)cc2)CC1. The van der Waals surface area contributed by atoms with Crippen LogP contribution in [0.5, 0.6) is 5.75 Å². The van der Waals surface area contributed by atoms with Crippen molar-refractivity contribution in [2.45, 2.75) is 35.7 Å². The van der Waals surface area contributed by atoms with Gasteiger partial charge in [0, 0.05) is 10.9 Å². The van der Waals surface area contributed by atoms with Crippen LogP contribution in [0, 0.1) is 0 Å². The van der Waals surface area contributed by atoms with E-state index in [9.17, 15) is 31.1 Å². The molecule has 0 amide bonds. The summed E-state index contributed by atoms with van der Waals surface area (Å²) in [6.07, 6.45) is -10.9. The Morgan fingerprint density at radius 1 is 0.960 bits per heavy atom. The van der Waals surface area contributed by atoms with Gasteiger partial charge in [0.05, 0.1) is 12.8 Å². The van der Waals surface area contributed by atoms with Crippen molar-refractivity contribution in [3.63, 3.8) is 0 Å². The Balaban J connectivity index is 2.04. The zero-order valence-electron chi connectivity index (χ0n) is 12.8. The quantitative estimate of drug-likeness (QED) is 0.635. The molecule has 1 aliphatic heterocycles. The van der Waals surface area contributed by atoms with Crippen LogP contribution in [0.2, 0.25) is 0 Å². The fourth-order valence-electron chi connectivity index (χ4n) is 2.18. The van der Waals surface area contributed by atoms with Gasteiger partial charge >= 0.3 is 12.4 Å². The predicted molar refractivity (Wildman–Crippen MR) is 78.6 cm³/mol. The summed E-state index contributed by atoms with van der Waals surface area (Å²) < 4.78 is 79.9. The second kappa shape index (κ2) is 7.06. The first-order valence-corrected chi connectivity index (χ1v) is 8.78. The Bertz CT molecular complexity index is 587. The van der Waals surface area contributed by atoms with Gasteiger partial charge in [0.15, 0.2) is 4.90 Å². The number of carbonyl (C=O) groups is 1. The van der Waals surface area contributed by atoms with Crippen LogP contribution >= 0.6 is 0 Å². The number of hydrogen-bond acceptors (Lipinski definition) is 3. The molecule has 0 aromatic heterocycles. The van der Waals surface area contributed by atoms with E-state index in [1.165, 1.54) is 12.1 Å². The fourth-order valence-corrected chi connectivity index (χ4v) is 4.32.